The highest BCUT2D eigenvalue weighted by Gasteiger charge is 2.32. The Morgan fingerprint density at radius 2 is 1.36 bits per heavy atom. The molecule has 0 radical (unpaired) electrons. The minimum Gasteiger partial charge on any atom is -0.301 e. The number of piperidine rings is 1. The molecule has 0 unspecified atom stereocenters. The summed E-state index contributed by atoms with van der Waals surface area (Å²) in [5, 5.41) is 0. The van der Waals surface area contributed by atoms with E-state index in [1.54, 1.807) is 20.9 Å². The van der Waals surface area contributed by atoms with E-state index in [9.17, 15) is 16.8 Å². The lowest BCUT2D eigenvalue weighted by Crippen LogP contribution is -2.47. The van der Waals surface area contributed by atoms with Crippen molar-refractivity contribution in [2.45, 2.75) is 62.4 Å². The molecule has 1 heterocycles. The van der Waals surface area contributed by atoms with Gasteiger partial charge >= 0.3 is 0 Å². The fraction of sp³-hybridized carbons (Fsp3) is 0.684. The quantitative estimate of drug-likeness (QED) is 0.631. The van der Waals surface area contributed by atoms with Gasteiger partial charge in [-0.2, -0.15) is 8.61 Å². The van der Waals surface area contributed by atoms with Crippen molar-refractivity contribution < 1.29 is 16.8 Å². The van der Waals surface area contributed by atoms with Crippen molar-refractivity contribution in [1.82, 2.24) is 13.5 Å². The van der Waals surface area contributed by atoms with Crippen molar-refractivity contribution in [3.8, 4) is 0 Å². The van der Waals surface area contributed by atoms with Crippen molar-refractivity contribution in [2.75, 3.05) is 33.2 Å². The molecular weight excluding hydrogens is 398 g/mol. The Bertz CT molecular complexity index is 840. The molecule has 1 saturated heterocycles. The van der Waals surface area contributed by atoms with Crippen LogP contribution in [0.4, 0.5) is 0 Å². The number of sulfonamides is 2. The Hall–Kier alpha value is -1.00. The summed E-state index contributed by atoms with van der Waals surface area (Å²) >= 11 is 0. The lowest BCUT2D eigenvalue weighted by molar-refractivity contribution is 0.140. The highest BCUT2D eigenvalue weighted by Crippen LogP contribution is 2.25. The first kappa shape index (κ1) is 23.3. The van der Waals surface area contributed by atoms with Crippen LogP contribution in [0.15, 0.2) is 34.1 Å². The van der Waals surface area contributed by atoms with E-state index in [2.05, 4.69) is 18.7 Å². The molecule has 1 fully saturated rings. The first-order valence-electron chi connectivity index (χ1n) is 9.88. The molecular formula is C19H33N3O4S2. The van der Waals surface area contributed by atoms with Crippen LogP contribution in [0.1, 0.15) is 40.5 Å². The summed E-state index contributed by atoms with van der Waals surface area (Å²) < 4.78 is 54.0. The SMILES string of the molecule is CCN(CC)S(=O)(=O)c1ccc(S(=O)(=O)N(C)C2CCN(C(C)C)CC2)cc1. The molecule has 0 atom stereocenters. The number of benzene rings is 1. The maximum Gasteiger partial charge on any atom is 0.243 e. The van der Waals surface area contributed by atoms with Gasteiger partial charge in [-0.15, -0.1) is 0 Å². The third-order valence-electron chi connectivity index (χ3n) is 5.59. The second-order valence-electron chi connectivity index (χ2n) is 7.44. The normalized spacial score (nSPS) is 17.7. The van der Waals surface area contributed by atoms with E-state index in [0.29, 0.717) is 19.1 Å². The second kappa shape index (κ2) is 9.21. The zero-order valence-electron chi connectivity index (χ0n) is 17.5. The van der Waals surface area contributed by atoms with Crippen LogP contribution < -0.4 is 0 Å². The van der Waals surface area contributed by atoms with Crippen LogP contribution >= 0.6 is 0 Å². The van der Waals surface area contributed by atoms with Gasteiger partial charge in [0.1, 0.15) is 0 Å². The molecule has 160 valence electrons. The number of hydrogen-bond acceptors (Lipinski definition) is 5. The first-order valence-corrected chi connectivity index (χ1v) is 12.8. The molecule has 1 aliphatic heterocycles. The monoisotopic (exact) mass is 431 g/mol. The van der Waals surface area contributed by atoms with Gasteiger partial charge in [0.2, 0.25) is 20.0 Å². The van der Waals surface area contributed by atoms with Gasteiger partial charge in [-0.25, -0.2) is 16.8 Å². The van der Waals surface area contributed by atoms with Gasteiger partial charge < -0.3 is 4.90 Å². The van der Waals surface area contributed by atoms with E-state index in [4.69, 9.17) is 0 Å². The average Bonchev–Trinajstić information content (AvgIpc) is 2.68. The molecule has 1 aromatic rings. The van der Waals surface area contributed by atoms with Crippen LogP contribution in [0.25, 0.3) is 0 Å². The largest absolute Gasteiger partial charge is 0.301 e. The fourth-order valence-electron chi connectivity index (χ4n) is 3.62. The predicted octanol–water partition coefficient (Wildman–Crippen LogP) is 2.21. The van der Waals surface area contributed by atoms with E-state index in [1.807, 2.05) is 0 Å². The van der Waals surface area contributed by atoms with E-state index in [1.165, 1.54) is 32.9 Å². The van der Waals surface area contributed by atoms with Gasteiger partial charge in [0.15, 0.2) is 0 Å². The van der Waals surface area contributed by atoms with E-state index < -0.39 is 20.0 Å². The number of hydrogen-bond donors (Lipinski definition) is 0. The van der Waals surface area contributed by atoms with Crippen LogP contribution in [0.3, 0.4) is 0 Å². The molecule has 0 N–H and O–H groups in total. The van der Waals surface area contributed by atoms with Crippen molar-refractivity contribution in [3.05, 3.63) is 24.3 Å². The summed E-state index contributed by atoms with van der Waals surface area (Å²) in [7, 11) is -5.65. The molecule has 7 nitrogen and oxygen atoms in total. The van der Waals surface area contributed by atoms with Crippen LogP contribution in [0.2, 0.25) is 0 Å². The average molecular weight is 432 g/mol. The number of nitrogens with zero attached hydrogens (tertiary/aromatic N) is 3. The van der Waals surface area contributed by atoms with Crippen LogP contribution in [0, 0.1) is 0 Å². The summed E-state index contributed by atoms with van der Waals surface area (Å²) in [4.78, 5) is 2.59. The van der Waals surface area contributed by atoms with Crippen LogP contribution in [-0.2, 0) is 20.0 Å². The first-order chi connectivity index (χ1) is 13.1. The Morgan fingerprint density at radius 1 is 0.929 bits per heavy atom. The second-order valence-corrected chi connectivity index (χ2v) is 11.4. The summed E-state index contributed by atoms with van der Waals surface area (Å²) in [5.41, 5.74) is 0. The van der Waals surface area contributed by atoms with Crippen LogP contribution in [0.5, 0.6) is 0 Å². The Balaban J connectivity index is 2.18. The zero-order valence-corrected chi connectivity index (χ0v) is 19.1. The Kier molecular flexibility index (Phi) is 7.66. The van der Waals surface area contributed by atoms with E-state index in [0.717, 1.165) is 25.9 Å². The molecule has 0 spiro atoms. The summed E-state index contributed by atoms with van der Waals surface area (Å²) in [5.74, 6) is 0. The van der Waals surface area contributed by atoms with Crippen molar-refractivity contribution in [1.29, 1.82) is 0 Å². The van der Waals surface area contributed by atoms with Gasteiger partial charge in [-0.1, -0.05) is 13.8 Å². The van der Waals surface area contributed by atoms with E-state index in [-0.39, 0.29) is 15.8 Å². The lowest BCUT2D eigenvalue weighted by Gasteiger charge is -2.38. The molecule has 2 rings (SSSR count). The molecule has 0 aromatic heterocycles. The summed E-state index contributed by atoms with van der Waals surface area (Å²) in [6, 6.07) is 5.98. The Labute approximate surface area is 170 Å². The molecule has 0 saturated carbocycles. The highest BCUT2D eigenvalue weighted by atomic mass is 32.2. The number of rotatable bonds is 8. The molecule has 1 aliphatic rings. The smallest absolute Gasteiger partial charge is 0.243 e. The topological polar surface area (TPSA) is 78.0 Å². The van der Waals surface area contributed by atoms with Gasteiger partial charge in [0.05, 0.1) is 9.79 Å². The fourth-order valence-corrected chi connectivity index (χ4v) is 6.50. The van der Waals surface area contributed by atoms with Crippen molar-refractivity contribution >= 4 is 20.0 Å². The summed E-state index contributed by atoms with van der Waals surface area (Å²) in [6.07, 6.45) is 1.59. The molecule has 0 aliphatic carbocycles. The number of likely N-dealkylation sites (tertiary alicyclic amines) is 1. The van der Waals surface area contributed by atoms with Crippen LogP contribution in [-0.4, -0.2) is 75.7 Å². The molecule has 28 heavy (non-hydrogen) atoms. The van der Waals surface area contributed by atoms with E-state index >= 15 is 0 Å². The summed E-state index contributed by atoms with van der Waals surface area (Å²) in [6.45, 7) is 10.3. The molecule has 1 aromatic carbocycles. The lowest BCUT2D eigenvalue weighted by atomic mass is 10.0. The van der Waals surface area contributed by atoms with Gasteiger partial charge in [-0.3, -0.25) is 0 Å². The molecule has 9 heteroatoms. The molecule has 0 bridgehead atoms. The van der Waals surface area contributed by atoms with Crippen molar-refractivity contribution in [3.63, 3.8) is 0 Å². The maximum absolute atomic E-state index is 13.0. The third kappa shape index (κ3) is 4.76. The standard InChI is InChI=1S/C19H33N3O4S2/c1-6-22(7-2)28(25,26)19-10-8-18(9-11-19)27(23,24)20(5)17-12-14-21(15-13-17)16(3)4/h8-11,16-17H,6-7,12-15H2,1-5H3. The van der Waals surface area contributed by atoms with Crippen molar-refractivity contribution in [2.24, 2.45) is 0 Å². The maximum atomic E-state index is 13.0. The van der Waals surface area contributed by atoms with Gasteiger partial charge in [-0.05, 0) is 64.0 Å². The van der Waals surface area contributed by atoms with Gasteiger partial charge in [0.25, 0.3) is 0 Å². The zero-order chi connectivity index (χ0) is 21.1. The minimum absolute atomic E-state index is 0.0425. The Morgan fingerprint density at radius 3 is 1.75 bits per heavy atom. The minimum atomic E-state index is -3.66. The highest BCUT2D eigenvalue weighted by molar-refractivity contribution is 7.89. The molecule has 0 amide bonds. The van der Waals surface area contributed by atoms with Gasteiger partial charge in [0, 0.05) is 32.2 Å². The predicted molar refractivity (Wildman–Crippen MR) is 111 cm³/mol. The third-order valence-corrected chi connectivity index (χ3v) is 9.58.